The van der Waals surface area contributed by atoms with Crippen LogP contribution in [0.2, 0.25) is 0 Å². The third-order valence-corrected chi connectivity index (χ3v) is 6.78. The third kappa shape index (κ3) is 2.76. The topological polar surface area (TPSA) is 124 Å². The molecule has 2 amide bonds. The molecule has 1 saturated heterocycles. The van der Waals surface area contributed by atoms with Crippen molar-refractivity contribution in [2.45, 2.75) is 6.42 Å². The fraction of sp³-hybridized carbons (Fsp3) is 0.429. The van der Waals surface area contributed by atoms with E-state index in [1.807, 2.05) is 12.2 Å². The number of imide groups is 1. The molecule has 0 N–H and O–H groups in total. The van der Waals surface area contributed by atoms with Gasteiger partial charge in [0.25, 0.3) is 5.69 Å². The van der Waals surface area contributed by atoms with E-state index in [9.17, 15) is 29.3 Å². The maximum atomic E-state index is 12.8. The molecule has 9 heteroatoms. The number of non-ortho nitro benzene ring substituents is 1. The summed E-state index contributed by atoms with van der Waals surface area (Å²) in [7, 11) is 0. The number of nitro benzene ring substituents is 1. The zero-order valence-electron chi connectivity index (χ0n) is 15.8. The molecule has 30 heavy (non-hydrogen) atoms. The van der Waals surface area contributed by atoms with Crippen molar-refractivity contribution in [3.63, 3.8) is 0 Å². The predicted octanol–water partition coefficient (Wildman–Crippen LogP) is 1.37. The van der Waals surface area contributed by atoms with Crippen molar-refractivity contribution in [3.05, 3.63) is 52.1 Å². The molecule has 1 aliphatic heterocycles. The minimum absolute atomic E-state index is 0.0400. The number of carbonyl (C=O) groups excluding carboxylic acids is 4. The van der Waals surface area contributed by atoms with Crippen LogP contribution in [-0.4, -0.2) is 46.5 Å². The summed E-state index contributed by atoms with van der Waals surface area (Å²) in [5, 5.41) is 10.8. The van der Waals surface area contributed by atoms with Crippen molar-refractivity contribution in [1.29, 1.82) is 0 Å². The van der Waals surface area contributed by atoms with E-state index in [0.29, 0.717) is 11.8 Å². The van der Waals surface area contributed by atoms with Gasteiger partial charge in [0.05, 0.1) is 16.8 Å². The summed E-state index contributed by atoms with van der Waals surface area (Å²) in [4.78, 5) is 61.2. The van der Waals surface area contributed by atoms with Gasteiger partial charge < -0.3 is 4.74 Å². The first-order valence-corrected chi connectivity index (χ1v) is 9.83. The minimum atomic E-state index is -0.861. The average Bonchev–Trinajstić information content (AvgIpc) is 3.53. The molecule has 9 nitrogen and oxygen atoms in total. The van der Waals surface area contributed by atoms with E-state index < -0.39 is 41.7 Å². The second-order valence-electron chi connectivity index (χ2n) is 8.31. The summed E-state index contributed by atoms with van der Waals surface area (Å²) in [5.41, 5.74) is -0.206. The van der Waals surface area contributed by atoms with Crippen LogP contribution in [0.1, 0.15) is 16.8 Å². The number of likely N-dealkylation sites (tertiary alicyclic amines) is 1. The molecule has 4 aliphatic carbocycles. The number of carbonyl (C=O) groups is 4. The highest BCUT2D eigenvalue weighted by Crippen LogP contribution is 2.65. The highest BCUT2D eigenvalue weighted by molar-refractivity contribution is 6.08. The Kier molecular flexibility index (Phi) is 4.09. The molecule has 5 aliphatic rings. The lowest BCUT2D eigenvalue weighted by molar-refractivity contribution is -0.384. The Labute approximate surface area is 170 Å². The first kappa shape index (κ1) is 18.7. The van der Waals surface area contributed by atoms with Gasteiger partial charge in [0, 0.05) is 17.7 Å². The molecule has 0 unspecified atom stereocenters. The normalized spacial score (nSPS) is 32.6. The van der Waals surface area contributed by atoms with Gasteiger partial charge in [0.2, 0.25) is 17.6 Å². The van der Waals surface area contributed by atoms with E-state index >= 15 is 0 Å². The van der Waals surface area contributed by atoms with Crippen LogP contribution in [0.3, 0.4) is 0 Å². The van der Waals surface area contributed by atoms with Crippen molar-refractivity contribution in [2.24, 2.45) is 35.5 Å². The van der Waals surface area contributed by atoms with Crippen molar-refractivity contribution in [1.82, 2.24) is 4.90 Å². The van der Waals surface area contributed by atoms with Gasteiger partial charge in [-0.3, -0.25) is 34.2 Å². The Bertz CT molecular complexity index is 996. The van der Waals surface area contributed by atoms with Crippen LogP contribution in [-0.2, 0) is 19.1 Å². The molecule has 2 bridgehead atoms. The Morgan fingerprint density at radius 3 is 2.33 bits per heavy atom. The maximum absolute atomic E-state index is 12.8. The van der Waals surface area contributed by atoms with E-state index in [4.69, 9.17) is 4.74 Å². The van der Waals surface area contributed by atoms with Gasteiger partial charge in [-0.05, 0) is 30.1 Å². The third-order valence-electron chi connectivity index (χ3n) is 6.78. The molecule has 6 atom stereocenters. The van der Waals surface area contributed by atoms with Gasteiger partial charge in [0.15, 0.2) is 6.61 Å². The molecular weight excluding hydrogens is 392 g/mol. The first-order chi connectivity index (χ1) is 14.4. The number of amides is 2. The van der Waals surface area contributed by atoms with Crippen LogP contribution in [0.4, 0.5) is 5.69 Å². The number of rotatable bonds is 6. The van der Waals surface area contributed by atoms with Crippen LogP contribution in [0.15, 0.2) is 36.4 Å². The van der Waals surface area contributed by atoms with Gasteiger partial charge in [-0.1, -0.05) is 24.3 Å². The smallest absolute Gasteiger partial charge is 0.326 e. The van der Waals surface area contributed by atoms with E-state index in [-0.39, 0.29) is 34.9 Å². The lowest BCUT2D eigenvalue weighted by Crippen LogP contribution is -2.40. The van der Waals surface area contributed by atoms with E-state index in [1.54, 1.807) is 0 Å². The molecule has 0 radical (unpaired) electrons. The molecule has 1 aromatic rings. The highest BCUT2D eigenvalue weighted by Gasteiger charge is 2.67. The Morgan fingerprint density at radius 2 is 1.73 bits per heavy atom. The van der Waals surface area contributed by atoms with Crippen LogP contribution in [0, 0.1) is 45.6 Å². The van der Waals surface area contributed by atoms with Crippen LogP contribution >= 0.6 is 0 Å². The molecule has 3 fully saturated rings. The van der Waals surface area contributed by atoms with E-state index in [0.717, 1.165) is 17.4 Å². The van der Waals surface area contributed by atoms with Gasteiger partial charge in [-0.2, -0.15) is 0 Å². The zero-order valence-corrected chi connectivity index (χ0v) is 15.8. The second kappa shape index (κ2) is 6.58. The number of ketones is 1. The van der Waals surface area contributed by atoms with Crippen LogP contribution in [0.25, 0.3) is 0 Å². The zero-order chi connectivity index (χ0) is 21.2. The summed E-state index contributed by atoms with van der Waals surface area (Å²) in [5.74, 6) is -1.85. The van der Waals surface area contributed by atoms with Crippen molar-refractivity contribution < 1.29 is 28.8 Å². The number of nitrogens with zero attached hydrogens (tertiary/aromatic N) is 2. The molecule has 0 spiro atoms. The van der Waals surface area contributed by atoms with Gasteiger partial charge >= 0.3 is 5.97 Å². The standard InChI is InChI=1S/C21H18N2O7/c24-16(10-2-1-3-11(6-10)23(28)29)9-30-17(25)8-22-20(26)18-12-4-5-13(15-7-14(12)15)19(18)21(22)27/h1-6,12-15,18-19H,7-9H2/t12-,13-,14-,15-,18-,19+/m0/s1. The average molecular weight is 410 g/mol. The lowest BCUT2D eigenvalue weighted by Gasteiger charge is -2.37. The Morgan fingerprint density at radius 1 is 1.10 bits per heavy atom. The van der Waals surface area contributed by atoms with Crippen LogP contribution < -0.4 is 0 Å². The van der Waals surface area contributed by atoms with Gasteiger partial charge in [-0.25, -0.2) is 0 Å². The van der Waals surface area contributed by atoms with E-state index in [1.165, 1.54) is 18.2 Å². The fourth-order valence-corrected chi connectivity index (χ4v) is 5.37. The molecule has 0 aromatic heterocycles. The number of Topliss-reactive ketones (excluding diaryl/α,β-unsaturated/α-hetero) is 1. The summed E-state index contributed by atoms with van der Waals surface area (Å²) in [6.45, 7) is -1.15. The SMILES string of the molecule is O=C(CN1C(=O)[C@@H]2[C@H]3C=C[C@@H]([C@@H]4C[C@@H]34)[C@@H]2C1=O)OCC(=O)c1cccc([N+](=O)[O-])c1. The van der Waals surface area contributed by atoms with E-state index in [2.05, 4.69) is 0 Å². The molecule has 1 aromatic carbocycles. The minimum Gasteiger partial charge on any atom is -0.456 e. The number of allylic oxidation sites excluding steroid dienone is 2. The van der Waals surface area contributed by atoms with Crippen LogP contribution in [0.5, 0.6) is 0 Å². The Hall–Kier alpha value is -3.36. The number of ether oxygens (including phenoxy) is 1. The summed E-state index contributed by atoms with van der Waals surface area (Å²) in [6.07, 6.45) is 5.15. The summed E-state index contributed by atoms with van der Waals surface area (Å²) < 4.78 is 4.95. The molecule has 154 valence electrons. The van der Waals surface area contributed by atoms with Gasteiger partial charge in [0.1, 0.15) is 6.54 Å². The number of hydrogen-bond donors (Lipinski definition) is 0. The van der Waals surface area contributed by atoms with Crippen molar-refractivity contribution in [3.8, 4) is 0 Å². The fourth-order valence-electron chi connectivity index (χ4n) is 5.37. The first-order valence-electron chi connectivity index (χ1n) is 9.83. The molecule has 1 heterocycles. The predicted molar refractivity (Wildman–Crippen MR) is 99.8 cm³/mol. The second-order valence-corrected chi connectivity index (χ2v) is 8.31. The lowest BCUT2D eigenvalue weighted by atomic mass is 9.63. The monoisotopic (exact) mass is 410 g/mol. The van der Waals surface area contributed by atoms with Gasteiger partial charge in [-0.15, -0.1) is 0 Å². The highest BCUT2D eigenvalue weighted by atomic mass is 16.6. The molecule has 2 saturated carbocycles. The molecular formula is C21H18N2O7. The maximum Gasteiger partial charge on any atom is 0.326 e. The summed E-state index contributed by atoms with van der Waals surface area (Å²) >= 11 is 0. The quantitative estimate of drug-likeness (QED) is 0.173. The van der Waals surface area contributed by atoms with Crippen molar-refractivity contribution in [2.75, 3.05) is 13.2 Å². The Balaban J connectivity index is 1.21. The largest absolute Gasteiger partial charge is 0.456 e. The van der Waals surface area contributed by atoms with Crippen molar-refractivity contribution >= 4 is 29.3 Å². The number of benzene rings is 1. The number of esters is 1. The molecule has 6 rings (SSSR count). The summed E-state index contributed by atoms with van der Waals surface area (Å²) in [6, 6.07) is 5.10. The number of nitro groups is 1. The number of hydrogen-bond acceptors (Lipinski definition) is 7.